The van der Waals surface area contributed by atoms with Crippen LogP contribution in [0.15, 0.2) is 24.3 Å². The number of rotatable bonds is 10. The third-order valence-corrected chi connectivity index (χ3v) is 7.09. The van der Waals surface area contributed by atoms with Crippen molar-refractivity contribution in [1.29, 1.82) is 0 Å². The minimum atomic E-state index is -6.12. The van der Waals surface area contributed by atoms with E-state index < -0.39 is 54.7 Å². The zero-order valence-electron chi connectivity index (χ0n) is 18.9. The summed E-state index contributed by atoms with van der Waals surface area (Å²) in [5.74, 6) is 0.716. The van der Waals surface area contributed by atoms with Crippen molar-refractivity contribution in [3.05, 3.63) is 24.3 Å². The van der Waals surface area contributed by atoms with Gasteiger partial charge < -0.3 is 53.1 Å². The van der Waals surface area contributed by atoms with E-state index in [1.54, 1.807) is 0 Å². The van der Waals surface area contributed by atoms with E-state index in [-0.39, 0.29) is 124 Å². The molecule has 1 saturated heterocycles. The second-order valence-corrected chi connectivity index (χ2v) is 9.87. The van der Waals surface area contributed by atoms with Crippen molar-refractivity contribution in [2.24, 2.45) is 0 Å². The molecule has 0 amide bonds. The third kappa shape index (κ3) is 14.5. The van der Waals surface area contributed by atoms with Gasteiger partial charge in [-0.15, -0.1) is 0 Å². The van der Waals surface area contributed by atoms with Gasteiger partial charge in [0.25, 0.3) is 15.6 Å². The molecule has 0 bridgehead atoms. The van der Waals surface area contributed by atoms with Crippen molar-refractivity contribution < 1.29 is 189 Å². The van der Waals surface area contributed by atoms with E-state index in [1.165, 1.54) is 31.4 Å². The van der Waals surface area contributed by atoms with Crippen molar-refractivity contribution >= 4 is 23.5 Å². The van der Waals surface area contributed by atoms with Gasteiger partial charge >= 0.3 is 118 Å². The van der Waals surface area contributed by atoms with Crippen LogP contribution >= 0.6 is 23.5 Å². The monoisotopic (exact) mass is 584 g/mol. The van der Waals surface area contributed by atoms with Crippen LogP contribution in [0.5, 0.6) is 11.5 Å². The predicted molar refractivity (Wildman–Crippen MR) is 85.2 cm³/mol. The van der Waals surface area contributed by atoms with Gasteiger partial charge in [0.1, 0.15) is 29.8 Å². The fraction of sp³-hybridized carbons (Fsp3) is 0.500. The van der Waals surface area contributed by atoms with E-state index in [1.807, 2.05) is 0 Å². The van der Waals surface area contributed by atoms with Gasteiger partial charge in [0.2, 0.25) is 6.29 Å². The predicted octanol–water partition coefficient (Wildman–Crippen LogP) is -14.6. The summed E-state index contributed by atoms with van der Waals surface area (Å²) in [6.07, 6.45) is -6.33. The largest absolute Gasteiger partial charge is 1.00 e. The van der Waals surface area contributed by atoms with Crippen molar-refractivity contribution in [1.82, 2.24) is 0 Å². The standard InChI is InChI=1S/C12H19O15P3.4Na/c1-22-7-2-4-8(5-3-7)24-12-11(14)10(13)9(25-12)6-23-29(18,19)27-30(20,21)26-28(15,16)17;;;;/h2-5,9-14H,6H2,1H3,(H,18,19)(H,20,21)(H2,15,16,17);;;;/q;4*+1/p-4/t9-,10-,11-,12-;;;;/m1..../s1. The summed E-state index contributed by atoms with van der Waals surface area (Å²) in [6.45, 7) is -1.06. The molecule has 0 aliphatic carbocycles. The minimum Gasteiger partial charge on any atom is -0.790 e. The second kappa shape index (κ2) is 17.7. The van der Waals surface area contributed by atoms with E-state index in [0.717, 1.165) is 0 Å². The molecular formula is C12H15Na4O15P3. The van der Waals surface area contributed by atoms with Crippen LogP contribution in [0.4, 0.5) is 0 Å². The summed E-state index contributed by atoms with van der Waals surface area (Å²) >= 11 is 0. The van der Waals surface area contributed by atoms with E-state index in [9.17, 15) is 43.5 Å². The van der Waals surface area contributed by atoms with Crippen molar-refractivity contribution in [2.45, 2.75) is 24.6 Å². The molecule has 0 saturated carbocycles. The molecule has 22 heteroatoms. The fourth-order valence-corrected chi connectivity index (χ4v) is 5.05. The number of aliphatic hydroxyl groups excluding tert-OH is 2. The Kier molecular flexibility index (Phi) is 21.7. The van der Waals surface area contributed by atoms with Gasteiger partial charge in [0, 0.05) is 0 Å². The van der Waals surface area contributed by atoms with Crippen LogP contribution in [0.2, 0.25) is 0 Å². The Bertz CT molecular complexity index is 871. The molecule has 2 rings (SSSR count). The topological polar surface area (TPSA) is 239 Å². The summed E-state index contributed by atoms with van der Waals surface area (Å²) in [6, 6.07) is 5.98. The van der Waals surface area contributed by atoms with Crippen LogP contribution in [-0.2, 0) is 31.6 Å². The molecule has 1 aliphatic rings. The molecule has 2 N–H and O–H groups in total. The minimum absolute atomic E-state index is 0. The molecule has 172 valence electrons. The molecule has 0 radical (unpaired) electrons. The Morgan fingerprint density at radius 3 is 1.82 bits per heavy atom. The van der Waals surface area contributed by atoms with Gasteiger partial charge in [-0.1, -0.05) is 0 Å². The third-order valence-electron chi connectivity index (χ3n) is 3.43. The number of methoxy groups -OCH3 is 1. The van der Waals surface area contributed by atoms with Gasteiger partial charge in [-0.3, -0.25) is 13.4 Å². The smallest absolute Gasteiger partial charge is 0.790 e. The van der Waals surface area contributed by atoms with Gasteiger partial charge in [0.15, 0.2) is 0 Å². The molecule has 34 heavy (non-hydrogen) atoms. The Hall–Kier alpha value is 3.11. The normalized spacial score (nSPS) is 25.1. The van der Waals surface area contributed by atoms with Gasteiger partial charge in [-0.05, 0) is 24.3 Å². The SMILES string of the molecule is COc1ccc(O[C@@H]2O[C@H](COP(=O)([O-])OP(=O)([O-])OP(=O)([O-])[O-])[C@@H](O)[C@H]2O)cc1.[Na+].[Na+].[Na+].[Na+]. The molecule has 1 fully saturated rings. The van der Waals surface area contributed by atoms with Gasteiger partial charge in [-0.25, -0.2) is 4.31 Å². The molecule has 15 nitrogen and oxygen atoms in total. The molecule has 2 unspecified atom stereocenters. The molecular weight excluding hydrogens is 569 g/mol. The van der Waals surface area contributed by atoms with Crippen LogP contribution < -0.4 is 147 Å². The first kappa shape index (κ1) is 41.6. The Labute approximate surface area is 282 Å². The summed E-state index contributed by atoms with van der Waals surface area (Å²) in [4.78, 5) is 43.1. The van der Waals surface area contributed by atoms with Crippen molar-refractivity contribution in [3.63, 3.8) is 0 Å². The maximum Gasteiger partial charge on any atom is 1.00 e. The van der Waals surface area contributed by atoms with Crippen LogP contribution in [0, 0.1) is 0 Å². The second-order valence-electron chi connectivity index (χ2n) is 5.62. The van der Waals surface area contributed by atoms with Crippen LogP contribution in [-0.4, -0.2) is 48.5 Å². The molecule has 1 aromatic rings. The molecule has 1 heterocycles. The van der Waals surface area contributed by atoms with E-state index in [4.69, 9.17) is 14.2 Å². The number of benzene rings is 1. The van der Waals surface area contributed by atoms with Gasteiger partial charge in [0.05, 0.1) is 21.5 Å². The fourth-order valence-electron chi connectivity index (χ4n) is 2.19. The van der Waals surface area contributed by atoms with E-state index in [0.29, 0.717) is 5.75 Å². The number of ether oxygens (including phenoxy) is 3. The molecule has 0 aromatic heterocycles. The number of phosphoric acid groups is 3. The van der Waals surface area contributed by atoms with Crippen LogP contribution in [0.3, 0.4) is 0 Å². The average molecular weight is 584 g/mol. The first-order chi connectivity index (χ1) is 13.7. The van der Waals surface area contributed by atoms with E-state index >= 15 is 0 Å². The zero-order chi connectivity index (χ0) is 22.7. The van der Waals surface area contributed by atoms with Crippen molar-refractivity contribution in [3.8, 4) is 11.5 Å². The maximum atomic E-state index is 11.5. The first-order valence-corrected chi connectivity index (χ1v) is 12.1. The summed E-state index contributed by atoms with van der Waals surface area (Å²) in [5.41, 5.74) is 0. The van der Waals surface area contributed by atoms with E-state index in [2.05, 4.69) is 13.1 Å². The molecule has 0 spiro atoms. The first-order valence-electron chi connectivity index (χ1n) is 7.75. The number of hydrogen-bond acceptors (Lipinski definition) is 15. The van der Waals surface area contributed by atoms with Gasteiger partial charge in [-0.2, -0.15) is 0 Å². The molecule has 6 atom stereocenters. The number of aliphatic hydroxyl groups is 2. The summed E-state index contributed by atoms with van der Waals surface area (Å²) < 4.78 is 58.8. The Morgan fingerprint density at radius 2 is 1.35 bits per heavy atom. The molecule has 1 aliphatic heterocycles. The summed E-state index contributed by atoms with van der Waals surface area (Å²) in [5, 5.41) is 19.9. The zero-order valence-corrected chi connectivity index (χ0v) is 29.6. The number of hydrogen-bond donors (Lipinski definition) is 2. The molecule has 1 aromatic carbocycles. The summed E-state index contributed by atoms with van der Waals surface area (Å²) in [7, 11) is -16.6. The Balaban J connectivity index is -0.00000240. The van der Waals surface area contributed by atoms with Crippen LogP contribution in [0.25, 0.3) is 0 Å². The van der Waals surface area contributed by atoms with Crippen molar-refractivity contribution in [2.75, 3.05) is 13.7 Å². The Morgan fingerprint density at radius 1 is 0.853 bits per heavy atom. The average Bonchev–Trinajstić information content (AvgIpc) is 2.85. The van der Waals surface area contributed by atoms with Crippen LogP contribution in [0.1, 0.15) is 0 Å². The number of phosphoric ester groups is 1. The maximum absolute atomic E-state index is 11.5. The quantitative estimate of drug-likeness (QED) is 0.192.